The molecule has 2 aromatic heterocycles. The number of aromatic nitrogens is 2. The van der Waals surface area contributed by atoms with Crippen LogP contribution >= 0.6 is 11.3 Å². The van der Waals surface area contributed by atoms with Crippen LogP contribution in [0.3, 0.4) is 0 Å². The van der Waals surface area contributed by atoms with Crippen LogP contribution in [0.2, 0.25) is 0 Å². The minimum atomic E-state index is -2.28. The van der Waals surface area contributed by atoms with Gasteiger partial charge in [-0.15, -0.1) is 11.3 Å². The van der Waals surface area contributed by atoms with Crippen LogP contribution < -0.4 is 16.6 Å². The van der Waals surface area contributed by atoms with Crippen molar-refractivity contribution in [3.63, 3.8) is 0 Å². The molecule has 0 spiro atoms. The lowest BCUT2D eigenvalue weighted by Crippen LogP contribution is -2.83. The number of hydrogen-bond acceptors (Lipinski definition) is 13. The second kappa shape index (κ2) is 8.55. The van der Waals surface area contributed by atoms with Crippen molar-refractivity contribution in [3.8, 4) is 0 Å². The number of nitrogens with zero attached hydrogens (tertiary/aromatic N) is 3. The van der Waals surface area contributed by atoms with Crippen molar-refractivity contribution in [2.45, 2.75) is 30.2 Å². The van der Waals surface area contributed by atoms with E-state index in [1.165, 1.54) is 5.38 Å². The summed E-state index contributed by atoms with van der Waals surface area (Å²) >= 11 is 1.00. The number of carboxylic acids is 1. The molecule has 36 heavy (non-hydrogen) atoms. The standard InChI is InChI=1S/C18H16N6O10S2/c19-17-20-8(4-35-17)11(23-32-3-7-2-9(25)22-34-7)13(27)21-12-14(28)24-15(12)36(31)5-6-1-10(26)33-18(6,24)16(29)30/h2,4,6,12,15H,1,3,5H2,(H2,19,20)(H,21,27)(H,22,25)(H,29,30)/b23-11-/t6-,12+,15+,18+,36+/m0/s1. The molecule has 5 N–H and O–H groups in total. The molecule has 5 heterocycles. The molecule has 0 saturated carbocycles. The number of anilines is 1. The molecule has 3 aliphatic rings. The molecule has 0 radical (unpaired) electrons. The van der Waals surface area contributed by atoms with E-state index in [9.17, 15) is 33.3 Å². The van der Waals surface area contributed by atoms with Gasteiger partial charge < -0.3 is 30.3 Å². The third kappa shape index (κ3) is 3.65. The minimum Gasteiger partial charge on any atom is -0.477 e. The summed E-state index contributed by atoms with van der Waals surface area (Å²) in [5, 5.41) is 18.2. The molecule has 5 atom stereocenters. The summed E-state index contributed by atoms with van der Waals surface area (Å²) in [5.74, 6) is -5.36. The summed E-state index contributed by atoms with van der Waals surface area (Å²) < 4.78 is 22.8. The van der Waals surface area contributed by atoms with Gasteiger partial charge in [0.05, 0.1) is 18.4 Å². The number of carboxylic acid groups (broad SMARTS) is 1. The third-order valence-corrected chi connectivity index (χ3v) is 8.21. The maximum absolute atomic E-state index is 13.1. The Morgan fingerprint density at radius 1 is 1.44 bits per heavy atom. The maximum atomic E-state index is 13.1. The topological polar surface area (TPSA) is 237 Å². The summed E-state index contributed by atoms with van der Waals surface area (Å²) in [6, 6.07) is -0.281. The zero-order valence-corrected chi connectivity index (χ0v) is 19.5. The van der Waals surface area contributed by atoms with E-state index in [1.54, 1.807) is 0 Å². The molecular weight excluding hydrogens is 524 g/mol. The molecule has 18 heteroatoms. The number of H-pyrrole nitrogens is 1. The fourth-order valence-electron chi connectivity index (χ4n) is 4.26. The Hall–Kier alpha value is -4.06. The minimum absolute atomic E-state index is 0.00529. The largest absolute Gasteiger partial charge is 0.477 e. The number of nitrogen functional groups attached to an aromatic ring is 1. The summed E-state index contributed by atoms with van der Waals surface area (Å²) in [5.41, 5.74) is 2.46. The van der Waals surface area contributed by atoms with Crippen molar-refractivity contribution in [1.82, 2.24) is 20.4 Å². The van der Waals surface area contributed by atoms with Crippen molar-refractivity contribution in [2.24, 2.45) is 11.1 Å². The molecule has 0 bridgehead atoms. The maximum Gasteiger partial charge on any atom is 0.370 e. The highest BCUT2D eigenvalue weighted by molar-refractivity contribution is 7.85. The molecular formula is C18H16N6O10S2. The smallest absolute Gasteiger partial charge is 0.370 e. The van der Waals surface area contributed by atoms with E-state index >= 15 is 0 Å². The van der Waals surface area contributed by atoms with E-state index < -0.39 is 68.9 Å². The zero-order chi connectivity index (χ0) is 25.8. The number of aliphatic carboxylic acids is 1. The number of carbonyl (C=O) groups is 4. The molecule has 5 rings (SSSR count). The third-order valence-electron chi connectivity index (χ3n) is 5.78. The average molecular weight is 540 g/mol. The van der Waals surface area contributed by atoms with Crippen LogP contribution in [0, 0.1) is 5.92 Å². The van der Waals surface area contributed by atoms with Crippen molar-refractivity contribution < 1.29 is 42.6 Å². The number of aromatic amines is 1. The van der Waals surface area contributed by atoms with Gasteiger partial charge in [-0.2, -0.15) is 5.16 Å². The van der Waals surface area contributed by atoms with Crippen LogP contribution in [-0.2, 0) is 46.2 Å². The molecule has 3 aliphatic heterocycles. The highest BCUT2D eigenvalue weighted by Crippen LogP contribution is 2.47. The molecule has 0 unspecified atom stereocenters. The van der Waals surface area contributed by atoms with Crippen LogP contribution in [0.5, 0.6) is 0 Å². The highest BCUT2D eigenvalue weighted by Gasteiger charge is 2.73. The first-order valence-corrected chi connectivity index (χ1v) is 12.4. The molecule has 3 saturated heterocycles. The van der Waals surface area contributed by atoms with E-state index in [0.29, 0.717) is 0 Å². The zero-order valence-electron chi connectivity index (χ0n) is 17.9. The van der Waals surface area contributed by atoms with E-state index in [-0.39, 0.29) is 35.4 Å². The number of hydrogen-bond donors (Lipinski definition) is 4. The monoisotopic (exact) mass is 540 g/mol. The molecule has 190 valence electrons. The lowest BCUT2D eigenvalue weighted by Gasteiger charge is -2.56. The first-order chi connectivity index (χ1) is 17.1. The van der Waals surface area contributed by atoms with E-state index in [0.717, 1.165) is 22.3 Å². The van der Waals surface area contributed by atoms with E-state index in [2.05, 4.69) is 20.6 Å². The number of amides is 2. The van der Waals surface area contributed by atoms with Crippen LogP contribution in [0.25, 0.3) is 0 Å². The van der Waals surface area contributed by atoms with Gasteiger partial charge in [0.25, 0.3) is 23.1 Å². The number of fused-ring (bicyclic) bond motifs is 3. The molecule has 0 aromatic carbocycles. The summed E-state index contributed by atoms with van der Waals surface area (Å²) in [6.45, 7) is -0.328. The highest BCUT2D eigenvalue weighted by atomic mass is 32.2. The Kier molecular flexibility index (Phi) is 5.62. The van der Waals surface area contributed by atoms with Crippen LogP contribution in [0.4, 0.5) is 5.13 Å². The van der Waals surface area contributed by atoms with Gasteiger partial charge in [0.2, 0.25) is 0 Å². The Morgan fingerprint density at radius 3 is 2.86 bits per heavy atom. The Balaban J connectivity index is 1.38. The predicted molar refractivity (Wildman–Crippen MR) is 117 cm³/mol. The number of carbonyl (C=O) groups excluding carboxylic acids is 3. The van der Waals surface area contributed by atoms with Gasteiger partial charge in [0.1, 0.15) is 17.1 Å². The van der Waals surface area contributed by atoms with Gasteiger partial charge in [0, 0.05) is 21.9 Å². The van der Waals surface area contributed by atoms with Crippen LogP contribution in [0.15, 0.2) is 25.9 Å². The molecule has 0 aliphatic carbocycles. The second-order valence-electron chi connectivity index (χ2n) is 7.94. The Labute approximate surface area is 205 Å². The van der Waals surface area contributed by atoms with Crippen LogP contribution in [0.1, 0.15) is 17.9 Å². The number of β-lactam (4-membered cyclic amide) rings is 1. The normalized spacial score (nSPS) is 29.1. The number of nitrogens with one attached hydrogen (secondary N) is 2. The Morgan fingerprint density at radius 2 is 2.22 bits per heavy atom. The molecule has 2 amide bonds. The molecule has 2 aromatic rings. The van der Waals surface area contributed by atoms with Crippen LogP contribution in [-0.4, -0.2) is 76.7 Å². The van der Waals surface area contributed by atoms with Crippen molar-refractivity contribution >= 4 is 56.7 Å². The van der Waals surface area contributed by atoms with Gasteiger partial charge in [-0.3, -0.25) is 28.3 Å². The summed E-state index contributed by atoms with van der Waals surface area (Å²) in [6.07, 6.45) is -0.299. The number of esters is 1. The SMILES string of the molecule is Nc1nc(/C(=N/OCc2cc(=O)[nH]o2)C(=O)N[C@@H]2C(=O)N3[C@@H]2[S@](=O)C[C@@H]2CC(=O)O[C@@]23C(=O)O)cs1. The number of oxime groups is 1. The first kappa shape index (κ1) is 23.7. The number of rotatable bonds is 7. The molecule has 3 fully saturated rings. The van der Waals surface area contributed by atoms with Gasteiger partial charge in [-0.25, -0.2) is 9.78 Å². The van der Waals surface area contributed by atoms with Gasteiger partial charge in [-0.05, 0) is 0 Å². The van der Waals surface area contributed by atoms with Crippen molar-refractivity contribution in [1.29, 1.82) is 0 Å². The van der Waals surface area contributed by atoms with Gasteiger partial charge >= 0.3 is 11.9 Å². The molecule has 16 nitrogen and oxygen atoms in total. The van der Waals surface area contributed by atoms with Gasteiger partial charge in [-0.1, -0.05) is 5.16 Å². The van der Waals surface area contributed by atoms with E-state index in [1.807, 2.05) is 0 Å². The van der Waals surface area contributed by atoms with Crippen molar-refractivity contribution in [2.75, 3.05) is 11.5 Å². The summed E-state index contributed by atoms with van der Waals surface area (Å²) in [7, 11) is -1.80. The predicted octanol–water partition coefficient (Wildman–Crippen LogP) is -2.31. The number of ether oxygens (including phenoxy) is 1. The number of thiazole rings is 1. The van der Waals surface area contributed by atoms with Gasteiger partial charge in [0.15, 0.2) is 23.2 Å². The average Bonchev–Trinajstić information content (AvgIpc) is 3.51. The first-order valence-electron chi connectivity index (χ1n) is 10.2. The number of nitrogens with two attached hydrogens (primary N) is 1. The fourth-order valence-corrected chi connectivity index (χ4v) is 6.73. The van der Waals surface area contributed by atoms with Crippen molar-refractivity contribution in [3.05, 3.63) is 33.3 Å². The quantitative estimate of drug-likeness (QED) is 0.125. The fraction of sp³-hybridized carbons (Fsp3) is 0.389. The lowest BCUT2D eigenvalue weighted by molar-refractivity contribution is -0.216. The lowest BCUT2D eigenvalue weighted by atomic mass is 9.89. The summed E-state index contributed by atoms with van der Waals surface area (Å²) in [4.78, 5) is 70.9. The second-order valence-corrected chi connectivity index (χ2v) is 10.4. The Bertz CT molecular complexity index is 1400. The van der Waals surface area contributed by atoms with E-state index in [4.69, 9.17) is 19.8 Å².